The molecule has 0 aliphatic carbocycles. The van der Waals surface area contributed by atoms with Gasteiger partial charge in [0, 0.05) is 12.1 Å². The van der Waals surface area contributed by atoms with E-state index in [1.54, 1.807) is 0 Å². The third kappa shape index (κ3) is 3.12. The SMILES string of the molecule is CC[SiH](Cc1cc(Cl)ccc1C)OC. The molecular weight excluding hydrogens is 212 g/mol. The number of halogens is 1. The maximum Gasteiger partial charge on any atom is 0.180 e. The van der Waals surface area contributed by atoms with E-state index in [0.717, 1.165) is 11.1 Å². The molecule has 0 bridgehead atoms. The average Bonchev–Trinajstić information content (AvgIpc) is 2.19. The van der Waals surface area contributed by atoms with Crippen LogP contribution in [0.2, 0.25) is 11.1 Å². The van der Waals surface area contributed by atoms with Gasteiger partial charge in [-0.25, -0.2) is 0 Å². The average molecular weight is 229 g/mol. The van der Waals surface area contributed by atoms with Crippen molar-refractivity contribution >= 4 is 20.6 Å². The monoisotopic (exact) mass is 228 g/mol. The summed E-state index contributed by atoms with van der Waals surface area (Å²) in [5, 5.41) is 0.825. The predicted octanol–water partition coefficient (Wildman–Crippen LogP) is 3.12. The van der Waals surface area contributed by atoms with Crippen molar-refractivity contribution in [2.24, 2.45) is 0 Å². The lowest BCUT2D eigenvalue weighted by molar-refractivity contribution is 0.418. The predicted molar refractivity (Wildman–Crippen MR) is 64.5 cm³/mol. The first-order valence-electron chi connectivity index (χ1n) is 4.95. The minimum Gasteiger partial charge on any atom is -0.423 e. The first kappa shape index (κ1) is 11.8. The van der Waals surface area contributed by atoms with Crippen molar-refractivity contribution in [1.29, 1.82) is 0 Å². The highest BCUT2D eigenvalue weighted by Crippen LogP contribution is 2.17. The van der Waals surface area contributed by atoms with Gasteiger partial charge in [-0.15, -0.1) is 0 Å². The molecule has 1 atom stereocenters. The van der Waals surface area contributed by atoms with Gasteiger partial charge in [0.1, 0.15) is 0 Å². The molecule has 1 unspecified atom stereocenters. The zero-order valence-corrected chi connectivity index (χ0v) is 10.9. The van der Waals surface area contributed by atoms with Gasteiger partial charge in [-0.05, 0) is 42.3 Å². The van der Waals surface area contributed by atoms with E-state index < -0.39 is 9.04 Å². The van der Waals surface area contributed by atoms with Crippen molar-refractivity contribution in [1.82, 2.24) is 0 Å². The van der Waals surface area contributed by atoms with E-state index in [1.165, 1.54) is 17.2 Å². The molecule has 3 heteroatoms. The molecule has 14 heavy (non-hydrogen) atoms. The van der Waals surface area contributed by atoms with Crippen LogP contribution in [0.15, 0.2) is 18.2 Å². The van der Waals surface area contributed by atoms with Crippen LogP contribution < -0.4 is 0 Å². The number of hydrogen-bond acceptors (Lipinski definition) is 1. The molecule has 0 aliphatic rings. The number of rotatable bonds is 4. The second-order valence-corrected chi connectivity index (χ2v) is 6.92. The van der Waals surface area contributed by atoms with Gasteiger partial charge >= 0.3 is 0 Å². The summed E-state index contributed by atoms with van der Waals surface area (Å²) >= 11 is 5.96. The maximum absolute atomic E-state index is 5.96. The van der Waals surface area contributed by atoms with Crippen molar-refractivity contribution in [3.8, 4) is 0 Å². The Bertz CT molecular complexity index is 297. The zero-order valence-electron chi connectivity index (χ0n) is 9.01. The van der Waals surface area contributed by atoms with Crippen LogP contribution in [-0.4, -0.2) is 16.2 Å². The molecule has 0 saturated heterocycles. The highest BCUT2D eigenvalue weighted by atomic mass is 35.5. The second kappa shape index (κ2) is 5.54. The van der Waals surface area contributed by atoms with Crippen LogP contribution in [0.5, 0.6) is 0 Å². The number of aryl methyl sites for hydroxylation is 1. The fourth-order valence-corrected chi connectivity index (χ4v) is 3.41. The van der Waals surface area contributed by atoms with E-state index in [4.69, 9.17) is 16.0 Å². The molecule has 0 radical (unpaired) electrons. The van der Waals surface area contributed by atoms with Gasteiger partial charge in [-0.3, -0.25) is 0 Å². The van der Waals surface area contributed by atoms with E-state index in [-0.39, 0.29) is 0 Å². The van der Waals surface area contributed by atoms with Crippen molar-refractivity contribution < 1.29 is 4.43 Å². The Labute approximate surface area is 92.8 Å². The van der Waals surface area contributed by atoms with Crippen LogP contribution >= 0.6 is 11.6 Å². The van der Waals surface area contributed by atoms with Gasteiger partial charge < -0.3 is 4.43 Å². The maximum atomic E-state index is 5.96. The summed E-state index contributed by atoms with van der Waals surface area (Å²) < 4.78 is 5.49. The third-order valence-electron chi connectivity index (χ3n) is 2.55. The Kier molecular flexibility index (Phi) is 4.65. The van der Waals surface area contributed by atoms with Gasteiger partial charge in [-0.2, -0.15) is 0 Å². The van der Waals surface area contributed by atoms with E-state index in [0.29, 0.717) is 0 Å². The molecule has 1 nitrogen and oxygen atoms in total. The van der Waals surface area contributed by atoms with Crippen molar-refractivity contribution in [3.05, 3.63) is 34.3 Å². The highest BCUT2D eigenvalue weighted by molar-refractivity contribution is 6.51. The number of benzene rings is 1. The van der Waals surface area contributed by atoms with Gasteiger partial charge in [0.15, 0.2) is 9.04 Å². The second-order valence-electron chi connectivity index (χ2n) is 3.54. The lowest BCUT2D eigenvalue weighted by Gasteiger charge is -2.12. The molecule has 1 rings (SSSR count). The normalized spacial score (nSPS) is 12.9. The number of hydrogen-bond donors (Lipinski definition) is 0. The van der Waals surface area contributed by atoms with Crippen LogP contribution in [0, 0.1) is 6.92 Å². The van der Waals surface area contributed by atoms with Gasteiger partial charge in [0.05, 0.1) is 0 Å². The molecule has 0 aliphatic heterocycles. The topological polar surface area (TPSA) is 9.23 Å². The Morgan fingerprint density at radius 3 is 2.71 bits per heavy atom. The van der Waals surface area contributed by atoms with E-state index in [9.17, 15) is 0 Å². The lowest BCUT2D eigenvalue weighted by Crippen LogP contribution is -2.18. The lowest BCUT2D eigenvalue weighted by atomic mass is 10.1. The van der Waals surface area contributed by atoms with Crippen molar-refractivity contribution in [3.63, 3.8) is 0 Å². The molecule has 1 aromatic carbocycles. The molecule has 1 aromatic rings. The first-order chi connectivity index (χ1) is 6.67. The summed E-state index contributed by atoms with van der Waals surface area (Å²) in [4.78, 5) is 0. The summed E-state index contributed by atoms with van der Waals surface area (Å²) in [6, 6.07) is 8.33. The Balaban J connectivity index is 2.79. The third-order valence-corrected chi connectivity index (χ3v) is 5.26. The Morgan fingerprint density at radius 1 is 1.43 bits per heavy atom. The highest BCUT2D eigenvalue weighted by Gasteiger charge is 2.10. The molecule has 0 amide bonds. The zero-order chi connectivity index (χ0) is 10.6. The minimum atomic E-state index is -1.03. The van der Waals surface area contributed by atoms with Gasteiger partial charge in [-0.1, -0.05) is 24.6 Å². The van der Waals surface area contributed by atoms with Crippen molar-refractivity contribution in [2.75, 3.05) is 7.11 Å². The fourth-order valence-electron chi connectivity index (χ4n) is 1.50. The van der Waals surface area contributed by atoms with E-state index in [2.05, 4.69) is 26.0 Å². The van der Waals surface area contributed by atoms with E-state index in [1.807, 2.05) is 13.2 Å². The van der Waals surface area contributed by atoms with Gasteiger partial charge in [0.25, 0.3) is 0 Å². The van der Waals surface area contributed by atoms with Crippen LogP contribution in [0.4, 0.5) is 0 Å². The quantitative estimate of drug-likeness (QED) is 0.720. The smallest absolute Gasteiger partial charge is 0.180 e. The molecule has 0 heterocycles. The largest absolute Gasteiger partial charge is 0.423 e. The molecular formula is C11H17ClOSi. The first-order valence-corrected chi connectivity index (χ1v) is 7.43. The summed E-state index contributed by atoms with van der Waals surface area (Å²) in [5.74, 6) is 0. The van der Waals surface area contributed by atoms with Crippen LogP contribution in [0.1, 0.15) is 18.1 Å². The molecule has 0 saturated carbocycles. The minimum absolute atomic E-state index is 0.825. The standard InChI is InChI=1S/C11H17ClOSi/c1-4-14(13-3)8-10-7-11(12)6-5-9(10)2/h5-7,14H,4,8H2,1-3H3. The molecule has 0 aromatic heterocycles. The van der Waals surface area contributed by atoms with Crippen LogP contribution in [-0.2, 0) is 10.5 Å². The summed E-state index contributed by atoms with van der Waals surface area (Å²) in [5.41, 5.74) is 2.66. The summed E-state index contributed by atoms with van der Waals surface area (Å²) in [6.45, 7) is 4.32. The van der Waals surface area contributed by atoms with Crippen LogP contribution in [0.25, 0.3) is 0 Å². The van der Waals surface area contributed by atoms with Gasteiger partial charge in [0.2, 0.25) is 0 Å². The van der Waals surface area contributed by atoms with E-state index >= 15 is 0 Å². The molecule has 0 spiro atoms. The molecule has 0 fully saturated rings. The molecule has 78 valence electrons. The summed E-state index contributed by atoms with van der Waals surface area (Å²) in [7, 11) is 0.794. The Morgan fingerprint density at radius 2 is 2.14 bits per heavy atom. The van der Waals surface area contributed by atoms with Crippen molar-refractivity contribution in [2.45, 2.75) is 25.9 Å². The van der Waals surface area contributed by atoms with Crippen LogP contribution in [0.3, 0.4) is 0 Å². The fraction of sp³-hybridized carbons (Fsp3) is 0.455. The molecule has 0 N–H and O–H groups in total. The Hall–Kier alpha value is -0.313. The summed E-state index contributed by atoms with van der Waals surface area (Å²) in [6.07, 6.45) is 0.